The lowest BCUT2D eigenvalue weighted by Crippen LogP contribution is -2.22. The average Bonchev–Trinajstić information content (AvgIpc) is 2.18. The summed E-state index contributed by atoms with van der Waals surface area (Å²) in [6.45, 7) is 2.50. The molecule has 0 spiro atoms. The zero-order valence-corrected chi connectivity index (χ0v) is 7.27. The Morgan fingerprint density at radius 2 is 2.31 bits per heavy atom. The summed E-state index contributed by atoms with van der Waals surface area (Å²) in [5.41, 5.74) is 0.457. The van der Waals surface area contributed by atoms with Crippen LogP contribution in [0.1, 0.15) is 6.92 Å². The number of nitrogens with zero attached hydrogens (tertiary/aromatic N) is 3. The van der Waals surface area contributed by atoms with Crippen LogP contribution in [0, 0.1) is 0 Å². The van der Waals surface area contributed by atoms with Gasteiger partial charge in [0.1, 0.15) is 5.65 Å². The molecule has 0 aromatic carbocycles. The molecule has 0 aliphatic carbocycles. The lowest BCUT2D eigenvalue weighted by Gasteiger charge is -2.03. The summed E-state index contributed by atoms with van der Waals surface area (Å²) in [5.74, 6) is 0. The second kappa shape index (κ2) is 2.97. The Bertz CT molecular complexity index is 489. The first-order valence-corrected chi connectivity index (χ1v) is 4.13. The fraction of sp³-hybridized carbons (Fsp3) is 0.222. The van der Waals surface area contributed by atoms with Gasteiger partial charge in [-0.3, -0.25) is 4.57 Å². The number of rotatable bonds is 1. The molecule has 13 heavy (non-hydrogen) atoms. The molecule has 0 radical (unpaired) electrons. The highest BCUT2D eigenvalue weighted by Gasteiger charge is 2.01. The van der Waals surface area contributed by atoms with Crippen LogP contribution in [-0.2, 0) is 6.54 Å². The van der Waals surface area contributed by atoms with Crippen LogP contribution in [0.4, 0.5) is 0 Å². The Morgan fingerprint density at radius 3 is 3.08 bits per heavy atom. The number of aryl methyl sites for hydroxylation is 1. The predicted molar refractivity (Wildman–Crippen MR) is 49.5 cm³/mol. The molecule has 4 heteroatoms. The van der Waals surface area contributed by atoms with Crippen LogP contribution in [0.15, 0.2) is 29.3 Å². The Kier molecular flexibility index (Phi) is 1.81. The second-order valence-corrected chi connectivity index (χ2v) is 2.70. The molecular weight excluding hydrogens is 166 g/mol. The number of hydrogen-bond acceptors (Lipinski definition) is 3. The molecule has 0 fully saturated rings. The molecular formula is C9H9N3O. The summed E-state index contributed by atoms with van der Waals surface area (Å²) in [5, 5.41) is 0.893. The minimum absolute atomic E-state index is 0.242. The van der Waals surface area contributed by atoms with Crippen LogP contribution < -0.4 is 5.69 Å². The van der Waals surface area contributed by atoms with Gasteiger partial charge in [0.15, 0.2) is 0 Å². The zero-order chi connectivity index (χ0) is 9.26. The fourth-order valence-electron chi connectivity index (χ4n) is 1.31. The molecule has 0 saturated heterocycles. The van der Waals surface area contributed by atoms with Gasteiger partial charge < -0.3 is 0 Å². The summed E-state index contributed by atoms with van der Waals surface area (Å²) in [6.07, 6.45) is 3.23. The molecule has 0 aliphatic heterocycles. The van der Waals surface area contributed by atoms with E-state index in [9.17, 15) is 4.79 Å². The van der Waals surface area contributed by atoms with E-state index >= 15 is 0 Å². The lowest BCUT2D eigenvalue weighted by atomic mass is 10.3. The molecule has 0 bridgehead atoms. The van der Waals surface area contributed by atoms with E-state index in [-0.39, 0.29) is 5.69 Å². The second-order valence-electron chi connectivity index (χ2n) is 2.70. The predicted octanol–water partition coefficient (Wildman–Crippen LogP) is 0.811. The highest BCUT2D eigenvalue weighted by atomic mass is 16.1. The molecule has 66 valence electrons. The Balaban J connectivity index is 2.92. The van der Waals surface area contributed by atoms with Crippen molar-refractivity contribution in [3.05, 3.63) is 35.0 Å². The van der Waals surface area contributed by atoms with Crippen LogP contribution >= 0.6 is 0 Å². The SMILES string of the molecule is CCn1c(=O)ncc2cccnc21. The van der Waals surface area contributed by atoms with Crippen LogP contribution in [-0.4, -0.2) is 14.5 Å². The number of aromatic nitrogens is 3. The van der Waals surface area contributed by atoms with Gasteiger partial charge in [-0.05, 0) is 19.1 Å². The van der Waals surface area contributed by atoms with Gasteiger partial charge in [-0.25, -0.2) is 14.8 Å². The Hall–Kier alpha value is -1.71. The van der Waals surface area contributed by atoms with Gasteiger partial charge in [-0.1, -0.05) is 0 Å². The maximum atomic E-state index is 11.3. The number of fused-ring (bicyclic) bond motifs is 1. The van der Waals surface area contributed by atoms with Gasteiger partial charge in [-0.2, -0.15) is 0 Å². The van der Waals surface area contributed by atoms with Crippen molar-refractivity contribution in [3.63, 3.8) is 0 Å². The first-order valence-electron chi connectivity index (χ1n) is 4.13. The molecule has 0 amide bonds. The van der Waals surface area contributed by atoms with E-state index in [1.165, 1.54) is 0 Å². The van der Waals surface area contributed by atoms with E-state index in [1.54, 1.807) is 17.0 Å². The van der Waals surface area contributed by atoms with E-state index in [2.05, 4.69) is 9.97 Å². The summed E-state index contributed by atoms with van der Waals surface area (Å²) in [6, 6.07) is 3.72. The van der Waals surface area contributed by atoms with Crippen molar-refractivity contribution in [2.75, 3.05) is 0 Å². The third-order valence-corrected chi connectivity index (χ3v) is 1.93. The zero-order valence-electron chi connectivity index (χ0n) is 7.27. The fourth-order valence-corrected chi connectivity index (χ4v) is 1.31. The van der Waals surface area contributed by atoms with Crippen molar-refractivity contribution >= 4 is 11.0 Å². The van der Waals surface area contributed by atoms with Crippen LogP contribution in [0.2, 0.25) is 0 Å². The van der Waals surface area contributed by atoms with Gasteiger partial charge in [0.05, 0.1) is 0 Å². The topological polar surface area (TPSA) is 47.8 Å². The monoisotopic (exact) mass is 175 g/mol. The Labute approximate surface area is 74.9 Å². The first kappa shape index (κ1) is 7.91. The van der Waals surface area contributed by atoms with Gasteiger partial charge in [-0.15, -0.1) is 0 Å². The molecule has 2 rings (SSSR count). The maximum absolute atomic E-state index is 11.3. The standard InChI is InChI=1S/C9H9N3O/c1-2-12-8-7(4-3-5-10-8)6-11-9(12)13/h3-6H,2H2,1H3. The van der Waals surface area contributed by atoms with Crippen molar-refractivity contribution in [1.82, 2.24) is 14.5 Å². The van der Waals surface area contributed by atoms with Gasteiger partial charge >= 0.3 is 5.69 Å². The highest BCUT2D eigenvalue weighted by Crippen LogP contribution is 2.05. The van der Waals surface area contributed by atoms with E-state index in [0.717, 1.165) is 5.39 Å². The smallest absolute Gasteiger partial charge is 0.276 e. The molecule has 0 aliphatic rings. The average molecular weight is 175 g/mol. The quantitative estimate of drug-likeness (QED) is 0.644. The third kappa shape index (κ3) is 1.20. The lowest BCUT2D eigenvalue weighted by molar-refractivity contribution is 0.722. The van der Waals surface area contributed by atoms with Crippen molar-refractivity contribution in [2.45, 2.75) is 13.5 Å². The molecule has 2 aromatic heterocycles. The van der Waals surface area contributed by atoms with Crippen molar-refractivity contribution in [1.29, 1.82) is 0 Å². The van der Waals surface area contributed by atoms with Crippen LogP contribution in [0.5, 0.6) is 0 Å². The maximum Gasteiger partial charge on any atom is 0.349 e. The highest BCUT2D eigenvalue weighted by molar-refractivity contribution is 5.73. The molecule has 0 atom stereocenters. The minimum atomic E-state index is -0.242. The largest absolute Gasteiger partial charge is 0.349 e. The summed E-state index contributed by atoms with van der Waals surface area (Å²) in [4.78, 5) is 19.2. The molecule has 4 nitrogen and oxygen atoms in total. The van der Waals surface area contributed by atoms with Crippen LogP contribution in [0.25, 0.3) is 11.0 Å². The molecule has 0 saturated carbocycles. The van der Waals surface area contributed by atoms with E-state index in [4.69, 9.17) is 0 Å². The van der Waals surface area contributed by atoms with E-state index in [0.29, 0.717) is 12.2 Å². The van der Waals surface area contributed by atoms with Gasteiger partial charge in [0.25, 0.3) is 0 Å². The number of hydrogen-bond donors (Lipinski definition) is 0. The van der Waals surface area contributed by atoms with E-state index in [1.807, 2.05) is 19.1 Å². The van der Waals surface area contributed by atoms with Gasteiger partial charge in [0, 0.05) is 24.3 Å². The minimum Gasteiger partial charge on any atom is -0.276 e. The van der Waals surface area contributed by atoms with Crippen LogP contribution in [0.3, 0.4) is 0 Å². The molecule has 0 N–H and O–H groups in total. The molecule has 0 unspecified atom stereocenters. The Morgan fingerprint density at radius 1 is 1.46 bits per heavy atom. The normalized spacial score (nSPS) is 10.5. The first-order chi connectivity index (χ1) is 6.33. The van der Waals surface area contributed by atoms with Crippen molar-refractivity contribution in [2.24, 2.45) is 0 Å². The van der Waals surface area contributed by atoms with Crippen molar-refractivity contribution in [3.8, 4) is 0 Å². The summed E-state index contributed by atoms with van der Waals surface area (Å²) in [7, 11) is 0. The molecule has 2 heterocycles. The number of pyridine rings is 1. The van der Waals surface area contributed by atoms with E-state index < -0.39 is 0 Å². The third-order valence-electron chi connectivity index (χ3n) is 1.93. The summed E-state index contributed by atoms with van der Waals surface area (Å²) < 4.78 is 1.55. The van der Waals surface area contributed by atoms with Gasteiger partial charge in [0.2, 0.25) is 0 Å². The summed E-state index contributed by atoms with van der Waals surface area (Å²) >= 11 is 0. The molecule has 2 aromatic rings. The van der Waals surface area contributed by atoms with Crippen molar-refractivity contribution < 1.29 is 0 Å².